The average Bonchev–Trinajstić information content (AvgIpc) is 2.66. The zero-order chi connectivity index (χ0) is 19.7. The number of fused-ring (bicyclic) bond motifs is 1. The number of nitrogens with zero attached hydrogens (tertiary/aromatic N) is 3. The number of carbonyl (C=O) groups is 3. The first-order chi connectivity index (χ1) is 12.8. The van der Waals surface area contributed by atoms with Gasteiger partial charge >= 0.3 is 11.9 Å². The van der Waals surface area contributed by atoms with Crippen LogP contribution in [-0.4, -0.2) is 59.2 Å². The average molecular weight is 385 g/mol. The van der Waals surface area contributed by atoms with Gasteiger partial charge in [-0.15, -0.1) is 16.8 Å². The first-order valence-electron chi connectivity index (χ1n) is 8.46. The molecule has 7 nitrogen and oxygen atoms in total. The molecule has 3 rings (SSSR count). The Kier molecular flexibility index (Phi) is 5.27. The van der Waals surface area contributed by atoms with Crippen LogP contribution in [0, 0.1) is 19.8 Å². The van der Waals surface area contributed by atoms with E-state index in [0.717, 1.165) is 21.7 Å². The number of dihydropyridines is 1. The smallest absolute Gasteiger partial charge is 0.325 e. The fraction of sp³-hybridized carbons (Fsp3) is 0.316. The summed E-state index contributed by atoms with van der Waals surface area (Å²) in [7, 11) is 3.04. The summed E-state index contributed by atoms with van der Waals surface area (Å²) in [5.74, 6) is -0.589. The number of aryl methyl sites for hydroxylation is 1. The van der Waals surface area contributed by atoms with Crippen molar-refractivity contribution < 1.29 is 19.0 Å². The van der Waals surface area contributed by atoms with E-state index in [4.69, 9.17) is 0 Å². The Morgan fingerprint density at radius 1 is 1.33 bits per heavy atom. The molecular formula is C19H21N4O3S+. The number of urea groups is 1. The van der Waals surface area contributed by atoms with Crippen molar-refractivity contribution in [3.8, 4) is 0 Å². The number of hydrogen-bond donors (Lipinski definition) is 1. The van der Waals surface area contributed by atoms with Gasteiger partial charge in [-0.25, -0.2) is 4.79 Å². The third-order valence-electron chi connectivity index (χ3n) is 4.73. The molecule has 0 spiro atoms. The van der Waals surface area contributed by atoms with E-state index in [1.807, 2.05) is 32.0 Å². The minimum Gasteiger partial charge on any atom is -0.325 e. The second kappa shape index (κ2) is 7.48. The Hall–Kier alpha value is -2.74. The van der Waals surface area contributed by atoms with Crippen molar-refractivity contribution in [2.75, 3.05) is 25.2 Å². The molecule has 2 heterocycles. The molecule has 1 N–H and O–H groups in total. The minimum absolute atomic E-state index is 0.153. The van der Waals surface area contributed by atoms with Gasteiger partial charge in [-0.05, 0) is 37.1 Å². The molecule has 0 aliphatic carbocycles. The summed E-state index contributed by atoms with van der Waals surface area (Å²) in [6, 6.07) is 5.34. The second-order valence-electron chi connectivity index (χ2n) is 6.46. The van der Waals surface area contributed by atoms with Gasteiger partial charge in [-0.2, -0.15) is 9.48 Å². The number of hydrogen-bond acceptors (Lipinski definition) is 5. The van der Waals surface area contributed by atoms with Crippen LogP contribution < -0.4 is 5.32 Å². The summed E-state index contributed by atoms with van der Waals surface area (Å²) in [4.78, 5) is 43.0. The molecule has 140 valence electrons. The number of imide groups is 1. The Labute approximate surface area is 161 Å². The Bertz CT molecular complexity index is 933. The van der Waals surface area contributed by atoms with E-state index in [-0.39, 0.29) is 17.6 Å². The molecular weight excluding hydrogens is 364 g/mol. The highest BCUT2D eigenvalue weighted by atomic mass is 32.2. The number of aliphatic imine (C=N–C) groups is 1. The highest BCUT2D eigenvalue weighted by Crippen LogP contribution is 2.31. The highest BCUT2D eigenvalue weighted by molar-refractivity contribution is 8.03. The third kappa shape index (κ3) is 3.57. The molecule has 0 fully saturated rings. The van der Waals surface area contributed by atoms with Crippen molar-refractivity contribution in [2.45, 2.75) is 13.8 Å². The number of carbonyl (C=O) groups excluding carboxylic acids is 3. The fourth-order valence-corrected chi connectivity index (χ4v) is 3.86. The largest absolute Gasteiger partial charge is 0.445 e. The quantitative estimate of drug-likeness (QED) is 0.806. The lowest BCUT2D eigenvalue weighted by molar-refractivity contribution is -0.407. The van der Waals surface area contributed by atoms with Crippen molar-refractivity contribution in [2.24, 2.45) is 10.9 Å². The van der Waals surface area contributed by atoms with E-state index in [2.05, 4.69) is 10.3 Å². The van der Waals surface area contributed by atoms with Crippen LogP contribution in [0.4, 0.5) is 10.5 Å². The van der Waals surface area contributed by atoms with E-state index >= 15 is 0 Å². The summed E-state index contributed by atoms with van der Waals surface area (Å²) in [6.45, 7) is 3.95. The second-order valence-corrected chi connectivity index (χ2v) is 7.51. The van der Waals surface area contributed by atoms with Crippen molar-refractivity contribution in [1.29, 1.82) is 0 Å². The maximum atomic E-state index is 12.6. The lowest BCUT2D eigenvalue weighted by Gasteiger charge is -2.26. The Morgan fingerprint density at radius 3 is 2.81 bits per heavy atom. The van der Waals surface area contributed by atoms with Crippen molar-refractivity contribution >= 4 is 47.3 Å². The molecule has 27 heavy (non-hydrogen) atoms. The van der Waals surface area contributed by atoms with Gasteiger partial charge in [0.1, 0.15) is 6.21 Å². The van der Waals surface area contributed by atoms with Crippen LogP contribution in [0.1, 0.15) is 11.1 Å². The van der Waals surface area contributed by atoms with Crippen molar-refractivity contribution in [3.63, 3.8) is 0 Å². The third-order valence-corrected chi connectivity index (χ3v) is 5.84. The number of nitrogens with one attached hydrogen (secondary N) is 1. The number of thioether (sulfide) groups is 1. The molecule has 8 heteroatoms. The Morgan fingerprint density at radius 2 is 2.07 bits per heavy atom. The number of benzene rings is 1. The monoisotopic (exact) mass is 385 g/mol. The van der Waals surface area contributed by atoms with Crippen LogP contribution in [0.2, 0.25) is 0 Å². The van der Waals surface area contributed by atoms with Crippen LogP contribution in [0.5, 0.6) is 0 Å². The van der Waals surface area contributed by atoms with Gasteiger partial charge in [-0.3, -0.25) is 9.59 Å². The van der Waals surface area contributed by atoms with E-state index in [1.54, 1.807) is 19.3 Å². The van der Waals surface area contributed by atoms with Crippen LogP contribution in [0.3, 0.4) is 0 Å². The van der Waals surface area contributed by atoms with Gasteiger partial charge in [0.2, 0.25) is 5.91 Å². The molecule has 0 radical (unpaired) electrons. The number of allylic oxidation sites excluding steroid dienone is 1. The van der Waals surface area contributed by atoms with E-state index in [1.165, 1.54) is 23.4 Å². The molecule has 0 bridgehead atoms. The first kappa shape index (κ1) is 19.0. The molecule has 1 unspecified atom stereocenters. The summed E-state index contributed by atoms with van der Waals surface area (Å²) >= 11 is 1.28. The molecule has 0 saturated carbocycles. The molecule has 0 saturated heterocycles. The van der Waals surface area contributed by atoms with Gasteiger partial charge in [-0.1, -0.05) is 12.1 Å². The zero-order valence-corrected chi connectivity index (χ0v) is 16.5. The van der Waals surface area contributed by atoms with E-state index < -0.39 is 11.9 Å². The van der Waals surface area contributed by atoms with Crippen LogP contribution in [-0.2, 0) is 9.59 Å². The topological polar surface area (TPSA) is 81.8 Å². The molecule has 1 aromatic rings. The summed E-state index contributed by atoms with van der Waals surface area (Å²) in [5, 5.41) is 2.91. The summed E-state index contributed by atoms with van der Waals surface area (Å²) in [5.41, 5.74) is 2.92. The normalized spacial score (nSPS) is 19.2. The van der Waals surface area contributed by atoms with E-state index in [0.29, 0.717) is 10.7 Å². The molecule has 2 aliphatic heterocycles. The number of anilines is 1. The van der Waals surface area contributed by atoms with Crippen LogP contribution >= 0.6 is 11.8 Å². The zero-order valence-electron chi connectivity index (χ0n) is 15.6. The van der Waals surface area contributed by atoms with Gasteiger partial charge in [0.05, 0.1) is 19.8 Å². The molecule has 0 aromatic heterocycles. The molecule has 2 aliphatic rings. The fourth-order valence-electron chi connectivity index (χ4n) is 2.96. The summed E-state index contributed by atoms with van der Waals surface area (Å²) < 4.78 is 1.37. The lowest BCUT2D eigenvalue weighted by Crippen LogP contribution is -2.52. The maximum absolute atomic E-state index is 12.6. The van der Waals surface area contributed by atoms with Gasteiger partial charge in [0.15, 0.2) is 5.92 Å². The maximum Gasteiger partial charge on any atom is 0.445 e. The lowest BCUT2D eigenvalue weighted by atomic mass is 10.0. The number of amidine groups is 1. The predicted octanol–water partition coefficient (Wildman–Crippen LogP) is 2.19. The van der Waals surface area contributed by atoms with Gasteiger partial charge in [0.25, 0.3) is 5.84 Å². The standard InChI is InChI=1S/C19H20N4O3S/c1-11-6-5-7-13(12(11)2)21-15(24)10-27-14-8-9-20-17-16(14)18(25)23(4)19(26)22(17)3/h5-9,16H,10H2,1-4H3/p+1. The van der Waals surface area contributed by atoms with E-state index in [9.17, 15) is 14.4 Å². The van der Waals surface area contributed by atoms with Crippen LogP contribution in [0.15, 0.2) is 34.2 Å². The van der Waals surface area contributed by atoms with Crippen molar-refractivity contribution in [3.05, 3.63) is 40.3 Å². The molecule has 4 amide bonds. The number of rotatable bonds is 4. The minimum atomic E-state index is -0.652. The van der Waals surface area contributed by atoms with Gasteiger partial charge < -0.3 is 5.32 Å². The molecule has 1 atom stereocenters. The van der Waals surface area contributed by atoms with Crippen molar-refractivity contribution in [1.82, 2.24) is 4.90 Å². The molecule has 1 aromatic carbocycles. The van der Waals surface area contributed by atoms with Crippen LogP contribution in [0.25, 0.3) is 0 Å². The SMILES string of the molecule is Cc1cccc(NC(=O)CSC2=CC=NC3=[N+](C)C(=O)N(C)C(=O)C23)c1C. The predicted molar refractivity (Wildman–Crippen MR) is 106 cm³/mol. The Balaban J connectivity index is 1.72. The first-order valence-corrected chi connectivity index (χ1v) is 9.45. The highest BCUT2D eigenvalue weighted by Gasteiger charge is 2.47. The van der Waals surface area contributed by atoms with Gasteiger partial charge in [0, 0.05) is 10.6 Å². The number of amides is 4. The summed E-state index contributed by atoms with van der Waals surface area (Å²) in [6.07, 6.45) is 3.28.